The zero-order valence-corrected chi connectivity index (χ0v) is 23.1. The molecule has 33 heavy (non-hydrogen) atoms. The van der Waals surface area contributed by atoms with Crippen molar-refractivity contribution >= 4 is 0 Å². The molecule has 3 nitrogen and oxygen atoms in total. The van der Waals surface area contributed by atoms with Gasteiger partial charge in [-0.2, -0.15) is 0 Å². The second kappa shape index (κ2) is 16.4. The van der Waals surface area contributed by atoms with E-state index in [1.165, 1.54) is 22.4 Å². The van der Waals surface area contributed by atoms with Crippen molar-refractivity contribution in [1.29, 1.82) is 0 Å². The molecule has 186 valence electrons. The Morgan fingerprint density at radius 1 is 0.848 bits per heavy atom. The van der Waals surface area contributed by atoms with E-state index in [2.05, 4.69) is 96.3 Å². The molecule has 0 aromatic carbocycles. The highest BCUT2D eigenvalue weighted by atomic mass is 16.3. The van der Waals surface area contributed by atoms with E-state index in [-0.39, 0.29) is 0 Å². The minimum atomic E-state index is 0.337. The highest BCUT2D eigenvalue weighted by molar-refractivity contribution is 5.30. The van der Waals surface area contributed by atoms with Crippen molar-refractivity contribution in [3.63, 3.8) is 0 Å². The average molecular weight is 455 g/mol. The Labute approximate surface area is 205 Å². The third-order valence-electron chi connectivity index (χ3n) is 6.42. The fraction of sp³-hybridized carbons (Fsp3) is 0.533. The minimum Gasteiger partial charge on any atom is -0.508 e. The Morgan fingerprint density at radius 3 is 1.88 bits per heavy atom. The van der Waals surface area contributed by atoms with Crippen LogP contribution in [0.1, 0.15) is 75.7 Å². The van der Waals surface area contributed by atoms with Crippen LogP contribution in [0.2, 0.25) is 0 Å². The number of rotatable bonds is 14. The summed E-state index contributed by atoms with van der Waals surface area (Å²) >= 11 is 0. The summed E-state index contributed by atoms with van der Waals surface area (Å²) in [6, 6.07) is 0. The zero-order chi connectivity index (χ0) is 25.6. The Bertz CT molecular complexity index is 790. The molecule has 0 aliphatic heterocycles. The molecule has 0 fully saturated rings. The average Bonchev–Trinajstić information content (AvgIpc) is 2.82. The van der Waals surface area contributed by atoms with Crippen LogP contribution in [-0.2, 0) is 0 Å². The Hall–Kier alpha value is -2.26. The van der Waals surface area contributed by atoms with Crippen molar-refractivity contribution in [2.75, 3.05) is 19.6 Å². The van der Waals surface area contributed by atoms with Gasteiger partial charge in [0, 0.05) is 18.7 Å². The van der Waals surface area contributed by atoms with E-state index in [4.69, 9.17) is 0 Å². The molecule has 0 radical (unpaired) electrons. The van der Waals surface area contributed by atoms with Gasteiger partial charge in [-0.05, 0) is 77.0 Å². The van der Waals surface area contributed by atoms with Gasteiger partial charge in [0.1, 0.15) is 5.76 Å². The number of aliphatic hydroxyl groups is 1. The molecule has 0 aromatic heterocycles. The van der Waals surface area contributed by atoms with Crippen LogP contribution in [0.3, 0.4) is 0 Å². The van der Waals surface area contributed by atoms with Crippen LogP contribution in [0.5, 0.6) is 0 Å². The van der Waals surface area contributed by atoms with Crippen molar-refractivity contribution in [2.24, 2.45) is 11.8 Å². The predicted octanol–water partition coefficient (Wildman–Crippen LogP) is 8.54. The first-order valence-corrected chi connectivity index (χ1v) is 12.4. The van der Waals surface area contributed by atoms with Crippen molar-refractivity contribution in [3.8, 4) is 0 Å². The molecule has 0 saturated heterocycles. The van der Waals surface area contributed by atoms with Crippen LogP contribution in [0.15, 0.2) is 82.9 Å². The standard InChI is InChI=1S/C30H50N2O/c1-12-19-28(23(8)9)22-32(29(17-6)25(11)14-3)31(20-26(15-4)24(10)13-2)21-27(16-5)30(33)18-7/h12,14-19,23-24,33H,1,13,20-22H2,2-11H3/b25-14-,26-15-,27-16-,28-19-,29-17+,30-18+. The maximum Gasteiger partial charge on any atom is 0.115 e. The summed E-state index contributed by atoms with van der Waals surface area (Å²) in [6.45, 7) is 27.5. The van der Waals surface area contributed by atoms with Crippen LogP contribution in [0.25, 0.3) is 0 Å². The Balaban J connectivity index is 6.80. The molecule has 0 aliphatic carbocycles. The molecule has 0 rings (SSSR count). The van der Waals surface area contributed by atoms with Gasteiger partial charge in [0.2, 0.25) is 0 Å². The van der Waals surface area contributed by atoms with Crippen molar-refractivity contribution in [2.45, 2.75) is 75.7 Å². The van der Waals surface area contributed by atoms with Crippen LogP contribution in [0, 0.1) is 11.8 Å². The Kier molecular flexibility index (Phi) is 15.2. The SMILES string of the molecule is C=C/C=C(/CN(C(=C/C)/C(C)=C\C)N(CC(=C/C)/C(O)=C\C)C/C(=C/C)C(C)CC)C(C)C. The fourth-order valence-corrected chi connectivity index (χ4v) is 3.75. The number of allylic oxidation sites excluding steroid dienone is 8. The van der Waals surface area contributed by atoms with Crippen LogP contribution in [0.4, 0.5) is 0 Å². The molecular formula is C30H50N2O. The summed E-state index contributed by atoms with van der Waals surface area (Å²) in [4.78, 5) is 0. The molecule has 0 spiro atoms. The first-order chi connectivity index (χ1) is 15.6. The summed E-state index contributed by atoms with van der Waals surface area (Å²) in [5.74, 6) is 1.23. The molecule has 0 bridgehead atoms. The van der Waals surface area contributed by atoms with Gasteiger partial charge in [-0.25, -0.2) is 5.01 Å². The summed E-state index contributed by atoms with van der Waals surface area (Å²) in [5, 5.41) is 15.4. The van der Waals surface area contributed by atoms with Gasteiger partial charge in [0.05, 0.1) is 12.2 Å². The van der Waals surface area contributed by atoms with Gasteiger partial charge in [-0.1, -0.05) is 76.3 Å². The quantitative estimate of drug-likeness (QED) is 0.123. The maximum atomic E-state index is 10.6. The summed E-state index contributed by atoms with van der Waals surface area (Å²) < 4.78 is 0. The van der Waals surface area contributed by atoms with Gasteiger partial charge in [0.15, 0.2) is 0 Å². The highest BCUT2D eigenvalue weighted by Crippen LogP contribution is 2.26. The molecule has 0 aromatic rings. The monoisotopic (exact) mass is 454 g/mol. The van der Waals surface area contributed by atoms with Gasteiger partial charge < -0.3 is 10.1 Å². The molecule has 3 heteroatoms. The van der Waals surface area contributed by atoms with E-state index < -0.39 is 0 Å². The summed E-state index contributed by atoms with van der Waals surface area (Å²) in [5.41, 5.74) is 6.07. The third kappa shape index (κ3) is 9.63. The number of hydrogen-bond acceptors (Lipinski definition) is 3. The smallest absolute Gasteiger partial charge is 0.115 e. The molecule has 1 atom stereocenters. The predicted molar refractivity (Wildman–Crippen MR) is 148 cm³/mol. The summed E-state index contributed by atoms with van der Waals surface area (Å²) in [6.07, 6.45) is 15.5. The van der Waals surface area contributed by atoms with E-state index in [1.54, 1.807) is 6.08 Å². The van der Waals surface area contributed by atoms with Crippen molar-refractivity contribution < 1.29 is 5.11 Å². The second-order valence-electron chi connectivity index (χ2n) is 8.82. The molecule has 0 aliphatic rings. The lowest BCUT2D eigenvalue weighted by molar-refractivity contribution is 0.0337. The van der Waals surface area contributed by atoms with Crippen molar-refractivity contribution in [1.82, 2.24) is 10.0 Å². The van der Waals surface area contributed by atoms with Crippen LogP contribution >= 0.6 is 0 Å². The number of aliphatic hydroxyl groups excluding tert-OH is 1. The van der Waals surface area contributed by atoms with Gasteiger partial charge in [0.25, 0.3) is 0 Å². The van der Waals surface area contributed by atoms with E-state index in [1.807, 2.05) is 26.0 Å². The normalized spacial score (nSPS) is 16.0. The van der Waals surface area contributed by atoms with E-state index in [0.29, 0.717) is 24.1 Å². The van der Waals surface area contributed by atoms with Crippen LogP contribution in [-0.4, -0.2) is 34.8 Å². The van der Waals surface area contributed by atoms with Gasteiger partial charge in [-0.15, -0.1) is 0 Å². The largest absolute Gasteiger partial charge is 0.508 e. The topological polar surface area (TPSA) is 26.7 Å². The molecule has 0 heterocycles. The summed E-state index contributed by atoms with van der Waals surface area (Å²) in [7, 11) is 0. The molecule has 1 N–H and O–H groups in total. The molecule has 0 amide bonds. The van der Waals surface area contributed by atoms with Gasteiger partial charge in [-0.3, -0.25) is 0 Å². The number of nitrogens with zero attached hydrogens (tertiary/aromatic N) is 2. The Morgan fingerprint density at radius 2 is 1.48 bits per heavy atom. The first kappa shape index (κ1) is 30.7. The molecule has 1 unspecified atom stereocenters. The molecular weight excluding hydrogens is 404 g/mol. The second-order valence-corrected chi connectivity index (χ2v) is 8.82. The minimum absolute atomic E-state index is 0.337. The number of hydrogen-bond donors (Lipinski definition) is 1. The van der Waals surface area contributed by atoms with Gasteiger partial charge >= 0.3 is 0 Å². The fourth-order valence-electron chi connectivity index (χ4n) is 3.75. The highest BCUT2D eigenvalue weighted by Gasteiger charge is 2.24. The lowest BCUT2D eigenvalue weighted by Gasteiger charge is -2.41. The number of hydrazine groups is 1. The third-order valence-corrected chi connectivity index (χ3v) is 6.42. The molecule has 0 saturated carbocycles. The van der Waals surface area contributed by atoms with E-state index >= 15 is 0 Å². The van der Waals surface area contributed by atoms with E-state index in [9.17, 15) is 5.11 Å². The van der Waals surface area contributed by atoms with E-state index in [0.717, 1.165) is 25.1 Å². The van der Waals surface area contributed by atoms with Crippen LogP contribution < -0.4 is 0 Å². The first-order valence-electron chi connectivity index (χ1n) is 12.4. The lowest BCUT2D eigenvalue weighted by Crippen LogP contribution is -2.46. The zero-order valence-electron chi connectivity index (χ0n) is 23.1. The van der Waals surface area contributed by atoms with Crippen molar-refractivity contribution in [3.05, 3.63) is 82.9 Å². The maximum absolute atomic E-state index is 10.6. The lowest BCUT2D eigenvalue weighted by atomic mass is 9.97.